The van der Waals surface area contributed by atoms with E-state index in [1.54, 1.807) is 55.3 Å². The number of ether oxygens (including phenoxy) is 1. The number of hydrogen-bond donors (Lipinski definition) is 1. The molecule has 0 spiro atoms. The van der Waals surface area contributed by atoms with Gasteiger partial charge in [-0.1, -0.05) is 6.07 Å². The molecule has 170 valence electrons. The van der Waals surface area contributed by atoms with Gasteiger partial charge in [0.05, 0.1) is 23.0 Å². The third-order valence-corrected chi connectivity index (χ3v) is 4.88. The molecule has 0 saturated heterocycles. The van der Waals surface area contributed by atoms with Crippen LogP contribution in [0.4, 0.5) is 10.6 Å². The van der Waals surface area contributed by atoms with E-state index < -0.39 is 17.6 Å². The quantitative estimate of drug-likeness (QED) is 0.512. The van der Waals surface area contributed by atoms with Crippen LogP contribution in [0.25, 0.3) is 22.6 Å². The van der Waals surface area contributed by atoms with E-state index in [-0.39, 0.29) is 0 Å². The molecule has 33 heavy (non-hydrogen) atoms. The molecule has 0 fully saturated rings. The van der Waals surface area contributed by atoms with Gasteiger partial charge in [0.25, 0.3) is 5.91 Å². The summed E-state index contributed by atoms with van der Waals surface area (Å²) in [4.78, 5) is 30.4. The van der Waals surface area contributed by atoms with Crippen molar-refractivity contribution in [3.8, 4) is 17.1 Å². The minimum absolute atomic E-state index is 0.308. The van der Waals surface area contributed by atoms with Crippen LogP contribution in [-0.4, -0.2) is 49.0 Å². The average Bonchev–Trinajstić information content (AvgIpc) is 3.36. The summed E-state index contributed by atoms with van der Waals surface area (Å²) in [6.45, 7) is 7.29. The molecule has 4 rings (SSSR count). The maximum absolute atomic E-state index is 12.6. The molecule has 2 N–H and O–H groups in total. The molecule has 0 atom stereocenters. The summed E-state index contributed by atoms with van der Waals surface area (Å²) in [6, 6.07) is 11.0. The van der Waals surface area contributed by atoms with E-state index in [1.807, 2.05) is 31.2 Å². The van der Waals surface area contributed by atoms with Crippen molar-refractivity contribution in [2.24, 2.45) is 5.73 Å². The van der Waals surface area contributed by atoms with Gasteiger partial charge in [-0.25, -0.2) is 19.0 Å². The number of hydrogen-bond acceptors (Lipinski definition) is 6. The maximum atomic E-state index is 12.6. The van der Waals surface area contributed by atoms with Gasteiger partial charge in [-0.05, 0) is 52.0 Å². The molecule has 0 saturated carbocycles. The Hall–Kier alpha value is -4.21. The first-order valence-electron chi connectivity index (χ1n) is 10.3. The lowest BCUT2D eigenvalue weighted by Gasteiger charge is -2.23. The van der Waals surface area contributed by atoms with Crippen molar-refractivity contribution in [2.45, 2.75) is 33.3 Å². The summed E-state index contributed by atoms with van der Waals surface area (Å²) in [5, 5.41) is 8.81. The number of nitrogens with zero attached hydrogens (tertiary/aromatic N) is 6. The first kappa shape index (κ1) is 22.0. The number of pyridine rings is 2. The van der Waals surface area contributed by atoms with Crippen LogP contribution < -0.4 is 10.6 Å². The van der Waals surface area contributed by atoms with E-state index in [0.29, 0.717) is 28.4 Å². The second kappa shape index (κ2) is 8.05. The fourth-order valence-electron chi connectivity index (χ4n) is 3.31. The highest BCUT2D eigenvalue weighted by molar-refractivity contribution is 6.00. The largest absolute Gasteiger partial charge is 0.443 e. The minimum Gasteiger partial charge on any atom is -0.443 e. The van der Waals surface area contributed by atoms with Gasteiger partial charge in [-0.15, -0.1) is 5.10 Å². The van der Waals surface area contributed by atoms with Crippen LogP contribution in [0.2, 0.25) is 0 Å². The van der Waals surface area contributed by atoms with Gasteiger partial charge in [0.1, 0.15) is 5.60 Å². The van der Waals surface area contributed by atoms with Gasteiger partial charge < -0.3 is 10.5 Å². The number of amides is 2. The van der Waals surface area contributed by atoms with E-state index in [4.69, 9.17) is 10.5 Å². The number of primary amides is 1. The predicted molar refractivity (Wildman–Crippen MR) is 123 cm³/mol. The smallest absolute Gasteiger partial charge is 0.415 e. The first-order chi connectivity index (χ1) is 15.5. The van der Waals surface area contributed by atoms with Gasteiger partial charge in [0, 0.05) is 30.6 Å². The molecular weight excluding hydrogens is 422 g/mol. The Balaban J connectivity index is 1.86. The highest BCUT2D eigenvalue weighted by Gasteiger charge is 2.24. The summed E-state index contributed by atoms with van der Waals surface area (Å²) in [5.74, 6) is 0.393. The third kappa shape index (κ3) is 4.40. The highest BCUT2D eigenvalue weighted by Crippen LogP contribution is 2.29. The number of carbonyl (C=O) groups excluding carboxylic acids is 2. The molecule has 4 aromatic rings. The molecule has 4 aromatic heterocycles. The van der Waals surface area contributed by atoms with E-state index >= 15 is 0 Å². The molecule has 10 heteroatoms. The fraction of sp³-hybridized carbons (Fsp3) is 0.261. The Labute approximate surface area is 190 Å². The van der Waals surface area contributed by atoms with Gasteiger partial charge in [-0.3, -0.25) is 9.69 Å². The van der Waals surface area contributed by atoms with Gasteiger partial charge in [0.15, 0.2) is 11.6 Å². The van der Waals surface area contributed by atoms with Crippen LogP contribution >= 0.6 is 0 Å². The number of nitrogens with two attached hydrogens (primary N) is 1. The second-order valence-corrected chi connectivity index (χ2v) is 8.64. The zero-order chi connectivity index (χ0) is 23.9. The molecule has 0 aliphatic heterocycles. The molecule has 0 unspecified atom stereocenters. The molecule has 0 aliphatic carbocycles. The Morgan fingerprint density at radius 1 is 1.15 bits per heavy atom. The van der Waals surface area contributed by atoms with E-state index in [9.17, 15) is 9.59 Å². The minimum atomic E-state index is -0.646. The number of fused-ring (bicyclic) bond motifs is 1. The molecule has 0 aromatic carbocycles. The number of aromatic nitrogens is 5. The zero-order valence-electron chi connectivity index (χ0n) is 19.1. The van der Waals surface area contributed by atoms with Crippen molar-refractivity contribution < 1.29 is 14.3 Å². The molecule has 0 aliphatic rings. The van der Waals surface area contributed by atoms with Crippen LogP contribution in [-0.2, 0) is 4.74 Å². The van der Waals surface area contributed by atoms with Gasteiger partial charge >= 0.3 is 6.09 Å². The summed E-state index contributed by atoms with van der Waals surface area (Å²) in [5.41, 5.74) is 7.95. The van der Waals surface area contributed by atoms with Crippen molar-refractivity contribution in [2.75, 3.05) is 11.9 Å². The van der Waals surface area contributed by atoms with Crippen molar-refractivity contribution in [3.63, 3.8) is 0 Å². The lowest BCUT2D eigenvalue weighted by Crippen LogP contribution is -2.34. The first-order valence-corrected chi connectivity index (χ1v) is 10.3. The van der Waals surface area contributed by atoms with Crippen molar-refractivity contribution in [3.05, 3.63) is 60.0 Å². The molecule has 4 heterocycles. The monoisotopic (exact) mass is 447 g/mol. The Bertz CT molecular complexity index is 1360. The van der Waals surface area contributed by atoms with Gasteiger partial charge in [0.2, 0.25) is 0 Å². The van der Waals surface area contributed by atoms with E-state index in [0.717, 1.165) is 11.3 Å². The Morgan fingerprint density at radius 2 is 1.91 bits per heavy atom. The number of carbonyl (C=O) groups is 2. The van der Waals surface area contributed by atoms with Crippen LogP contribution in [0.3, 0.4) is 0 Å². The maximum Gasteiger partial charge on any atom is 0.415 e. The van der Waals surface area contributed by atoms with Crippen molar-refractivity contribution in [1.29, 1.82) is 0 Å². The fourth-order valence-corrected chi connectivity index (χ4v) is 3.31. The SMILES string of the molecule is Cc1cccc(-n2nc(N(C)C(=O)OC(C)(C)C)cc2-c2ccn3ncc(C(N)=O)c3c2)n1. The van der Waals surface area contributed by atoms with E-state index in [2.05, 4.69) is 15.2 Å². The number of anilines is 1. The molecular formula is C23H25N7O3. The second-order valence-electron chi connectivity index (χ2n) is 8.64. The van der Waals surface area contributed by atoms with Crippen molar-refractivity contribution >= 4 is 23.3 Å². The van der Waals surface area contributed by atoms with Gasteiger partial charge in [-0.2, -0.15) is 5.10 Å². The number of rotatable bonds is 4. The molecule has 0 bridgehead atoms. The predicted octanol–water partition coefficient (Wildman–Crippen LogP) is 3.36. The van der Waals surface area contributed by atoms with Crippen LogP contribution in [0, 0.1) is 6.92 Å². The van der Waals surface area contributed by atoms with E-state index in [1.165, 1.54) is 11.1 Å². The normalized spacial score (nSPS) is 11.5. The summed E-state index contributed by atoms with van der Waals surface area (Å²) in [6.07, 6.45) is 2.64. The Kier molecular flexibility index (Phi) is 5.36. The molecule has 0 radical (unpaired) electrons. The Morgan fingerprint density at radius 3 is 2.58 bits per heavy atom. The average molecular weight is 447 g/mol. The molecule has 10 nitrogen and oxygen atoms in total. The lowest BCUT2D eigenvalue weighted by atomic mass is 10.1. The van der Waals surface area contributed by atoms with Crippen molar-refractivity contribution in [1.82, 2.24) is 24.4 Å². The molecule has 2 amide bonds. The summed E-state index contributed by atoms with van der Waals surface area (Å²) in [7, 11) is 1.60. The van der Waals surface area contributed by atoms with Crippen LogP contribution in [0.5, 0.6) is 0 Å². The van der Waals surface area contributed by atoms with Crippen LogP contribution in [0.15, 0.2) is 48.8 Å². The lowest BCUT2D eigenvalue weighted by molar-refractivity contribution is 0.0588. The summed E-state index contributed by atoms with van der Waals surface area (Å²) < 4.78 is 8.70. The standard InChI is InChI=1S/C23H25N7O3/c1-14-7-6-8-19(26-14)30-17(12-20(27-30)28(5)22(32)33-23(2,3)4)15-9-10-29-18(11-15)16(13-25-29)21(24)31/h6-13H,1-5H3,(H2,24,31). The highest BCUT2D eigenvalue weighted by atomic mass is 16.6. The third-order valence-electron chi connectivity index (χ3n) is 4.88. The topological polar surface area (TPSA) is 121 Å². The summed E-state index contributed by atoms with van der Waals surface area (Å²) >= 11 is 0. The zero-order valence-corrected chi connectivity index (χ0v) is 19.1. The number of aryl methyl sites for hydroxylation is 1. The van der Waals surface area contributed by atoms with Crippen LogP contribution in [0.1, 0.15) is 36.8 Å².